The molecule has 0 aromatic rings. The zero-order valence-electron chi connectivity index (χ0n) is 9.53. The van der Waals surface area contributed by atoms with Crippen LogP contribution in [0.25, 0.3) is 0 Å². The van der Waals surface area contributed by atoms with E-state index in [1.807, 2.05) is 21.1 Å². The van der Waals surface area contributed by atoms with Crippen LogP contribution >= 0.6 is 0 Å². The molecular weight excluding hydrogens is 182 g/mol. The van der Waals surface area contributed by atoms with Crippen LogP contribution in [-0.2, 0) is 4.79 Å². The topological polar surface area (TPSA) is 57.5 Å². The average molecular weight is 202 g/mol. The third-order valence-corrected chi connectivity index (χ3v) is 2.05. The van der Waals surface area contributed by atoms with Gasteiger partial charge >= 0.3 is 5.97 Å². The molecule has 0 aromatic heterocycles. The SMILES string of the molecule is CC(C(=O)O)=C(CC(C)O)[N+](C)(C)C. The smallest absolute Gasteiger partial charge is 0.336 e. The summed E-state index contributed by atoms with van der Waals surface area (Å²) in [4.78, 5) is 10.8. The number of hydrogen-bond acceptors (Lipinski definition) is 2. The molecule has 0 spiro atoms. The lowest BCUT2D eigenvalue weighted by Gasteiger charge is -2.28. The predicted molar refractivity (Wildman–Crippen MR) is 54.7 cm³/mol. The van der Waals surface area contributed by atoms with E-state index < -0.39 is 12.1 Å². The number of quaternary nitrogens is 1. The standard InChI is InChI=1S/C10H19NO3/c1-7(12)6-9(11(3,4)5)8(2)10(13)14/h7,12H,6H2,1-5H3/p+1. The van der Waals surface area contributed by atoms with E-state index in [0.29, 0.717) is 16.5 Å². The van der Waals surface area contributed by atoms with Crippen LogP contribution in [0, 0.1) is 0 Å². The Morgan fingerprint density at radius 2 is 1.79 bits per heavy atom. The molecule has 82 valence electrons. The molecule has 0 aliphatic rings. The highest BCUT2D eigenvalue weighted by molar-refractivity contribution is 5.86. The van der Waals surface area contributed by atoms with E-state index in [0.717, 1.165) is 5.70 Å². The number of carboxylic acids is 1. The van der Waals surface area contributed by atoms with Crippen LogP contribution in [-0.4, -0.2) is 47.9 Å². The summed E-state index contributed by atoms with van der Waals surface area (Å²) in [5.74, 6) is -0.922. The maximum atomic E-state index is 10.8. The number of carbonyl (C=O) groups is 1. The van der Waals surface area contributed by atoms with Crippen molar-refractivity contribution in [2.45, 2.75) is 26.4 Å². The van der Waals surface area contributed by atoms with Crippen molar-refractivity contribution in [1.82, 2.24) is 0 Å². The summed E-state index contributed by atoms with van der Waals surface area (Å²) >= 11 is 0. The zero-order chi connectivity index (χ0) is 11.5. The molecule has 0 fully saturated rings. The molecule has 0 aliphatic carbocycles. The van der Waals surface area contributed by atoms with Gasteiger partial charge < -0.3 is 14.7 Å². The molecule has 0 aliphatic heterocycles. The average Bonchev–Trinajstić information content (AvgIpc) is 1.96. The Balaban J connectivity index is 5.10. The molecule has 0 saturated heterocycles. The first kappa shape index (κ1) is 13.1. The number of aliphatic hydroxyl groups excluding tert-OH is 1. The third kappa shape index (κ3) is 3.89. The molecule has 1 unspecified atom stereocenters. The van der Waals surface area contributed by atoms with Crippen molar-refractivity contribution in [2.75, 3.05) is 21.1 Å². The first-order chi connectivity index (χ1) is 6.16. The van der Waals surface area contributed by atoms with E-state index in [1.54, 1.807) is 13.8 Å². The van der Waals surface area contributed by atoms with Crippen molar-refractivity contribution in [3.05, 3.63) is 11.3 Å². The molecule has 0 radical (unpaired) electrons. The van der Waals surface area contributed by atoms with Crippen LogP contribution in [0.5, 0.6) is 0 Å². The molecule has 0 amide bonds. The minimum Gasteiger partial charge on any atom is -0.478 e. The number of aliphatic carboxylic acids is 1. The summed E-state index contributed by atoms with van der Waals surface area (Å²) in [5.41, 5.74) is 1.06. The van der Waals surface area contributed by atoms with E-state index in [2.05, 4.69) is 0 Å². The number of nitrogens with zero attached hydrogens (tertiary/aromatic N) is 1. The first-order valence-electron chi connectivity index (χ1n) is 4.59. The Hall–Kier alpha value is -0.870. The van der Waals surface area contributed by atoms with Gasteiger partial charge in [0.1, 0.15) is 5.70 Å². The highest BCUT2D eigenvalue weighted by atomic mass is 16.4. The van der Waals surface area contributed by atoms with Gasteiger partial charge in [0, 0.05) is 6.42 Å². The van der Waals surface area contributed by atoms with Crippen molar-refractivity contribution in [3.63, 3.8) is 0 Å². The van der Waals surface area contributed by atoms with Gasteiger partial charge in [0.05, 0.1) is 32.8 Å². The molecule has 0 aromatic carbocycles. The Labute approximate surface area is 85.1 Å². The summed E-state index contributed by atoms with van der Waals surface area (Å²) in [5, 5.41) is 18.2. The van der Waals surface area contributed by atoms with E-state index in [1.165, 1.54) is 0 Å². The lowest BCUT2D eigenvalue weighted by molar-refractivity contribution is -0.833. The second kappa shape index (κ2) is 4.57. The van der Waals surface area contributed by atoms with Gasteiger partial charge in [-0.15, -0.1) is 0 Å². The van der Waals surface area contributed by atoms with Crippen LogP contribution in [0.1, 0.15) is 20.3 Å². The second-order valence-corrected chi connectivity index (χ2v) is 4.44. The van der Waals surface area contributed by atoms with Gasteiger partial charge in [0.2, 0.25) is 0 Å². The van der Waals surface area contributed by atoms with Gasteiger partial charge in [-0.3, -0.25) is 0 Å². The van der Waals surface area contributed by atoms with Crippen LogP contribution < -0.4 is 0 Å². The Morgan fingerprint density at radius 1 is 1.36 bits per heavy atom. The third-order valence-electron chi connectivity index (χ3n) is 2.05. The van der Waals surface area contributed by atoms with E-state index >= 15 is 0 Å². The number of rotatable bonds is 4. The van der Waals surface area contributed by atoms with Crippen molar-refractivity contribution in [1.29, 1.82) is 0 Å². The van der Waals surface area contributed by atoms with E-state index in [9.17, 15) is 9.90 Å². The lowest BCUT2D eigenvalue weighted by Crippen LogP contribution is -2.36. The molecule has 0 saturated carbocycles. The predicted octanol–water partition coefficient (Wildman–Crippen LogP) is 0.822. The fourth-order valence-electron chi connectivity index (χ4n) is 1.33. The molecule has 4 heteroatoms. The maximum absolute atomic E-state index is 10.8. The number of carboxylic acid groups (broad SMARTS) is 1. The molecule has 0 rings (SSSR count). The quantitative estimate of drug-likeness (QED) is 0.524. The number of hydrogen-bond donors (Lipinski definition) is 2. The van der Waals surface area contributed by atoms with E-state index in [-0.39, 0.29) is 0 Å². The molecule has 1 atom stereocenters. The fraction of sp³-hybridized carbons (Fsp3) is 0.700. The molecule has 2 N–H and O–H groups in total. The van der Waals surface area contributed by atoms with Gasteiger partial charge in [-0.25, -0.2) is 4.79 Å². The minimum absolute atomic E-state index is 0.318. The van der Waals surface area contributed by atoms with Crippen molar-refractivity contribution in [3.8, 4) is 0 Å². The highest BCUT2D eigenvalue weighted by Gasteiger charge is 2.24. The minimum atomic E-state index is -0.922. The molecular formula is C10H20NO3+. The zero-order valence-corrected chi connectivity index (χ0v) is 9.53. The maximum Gasteiger partial charge on any atom is 0.336 e. The Bertz CT molecular complexity index is 249. The number of aliphatic hydroxyl groups is 1. The van der Waals surface area contributed by atoms with Crippen LogP contribution in [0.2, 0.25) is 0 Å². The Kier molecular flexibility index (Phi) is 4.29. The molecule has 0 heterocycles. The van der Waals surface area contributed by atoms with Gasteiger partial charge in [-0.05, 0) is 13.8 Å². The van der Waals surface area contributed by atoms with Crippen LogP contribution in [0.15, 0.2) is 11.3 Å². The summed E-state index contributed by atoms with van der Waals surface area (Å²) in [6.45, 7) is 3.23. The normalized spacial score (nSPS) is 16.1. The largest absolute Gasteiger partial charge is 0.478 e. The van der Waals surface area contributed by atoms with Crippen molar-refractivity contribution >= 4 is 5.97 Å². The van der Waals surface area contributed by atoms with Crippen molar-refractivity contribution < 1.29 is 19.5 Å². The highest BCUT2D eigenvalue weighted by Crippen LogP contribution is 2.19. The second-order valence-electron chi connectivity index (χ2n) is 4.44. The summed E-state index contributed by atoms with van der Waals surface area (Å²) in [6.07, 6.45) is -0.126. The molecule has 4 nitrogen and oxygen atoms in total. The van der Waals surface area contributed by atoms with Gasteiger partial charge in [-0.1, -0.05) is 0 Å². The van der Waals surface area contributed by atoms with Crippen molar-refractivity contribution in [2.24, 2.45) is 0 Å². The Morgan fingerprint density at radius 3 is 2.00 bits per heavy atom. The van der Waals surface area contributed by atoms with E-state index in [4.69, 9.17) is 5.11 Å². The summed E-state index contributed by atoms with van der Waals surface area (Å²) in [6, 6.07) is 0. The van der Waals surface area contributed by atoms with Gasteiger partial charge in [0.15, 0.2) is 0 Å². The van der Waals surface area contributed by atoms with Crippen LogP contribution in [0.3, 0.4) is 0 Å². The lowest BCUT2D eigenvalue weighted by atomic mass is 10.1. The van der Waals surface area contributed by atoms with Gasteiger partial charge in [0.25, 0.3) is 0 Å². The monoisotopic (exact) mass is 202 g/mol. The molecule has 0 bridgehead atoms. The fourth-order valence-corrected chi connectivity index (χ4v) is 1.33. The molecule has 14 heavy (non-hydrogen) atoms. The first-order valence-corrected chi connectivity index (χ1v) is 4.59. The van der Waals surface area contributed by atoms with Gasteiger partial charge in [-0.2, -0.15) is 0 Å². The summed E-state index contributed by atoms with van der Waals surface area (Å²) < 4.78 is 0.434. The van der Waals surface area contributed by atoms with Crippen LogP contribution in [0.4, 0.5) is 0 Å². The summed E-state index contributed by atoms with van der Waals surface area (Å²) in [7, 11) is 5.68.